The minimum Gasteiger partial charge on any atom is -0.593 e. The summed E-state index contributed by atoms with van der Waals surface area (Å²) in [7, 11) is 0. The molecular weight excluding hydrogens is 360 g/mol. The number of aromatic amines is 1. The van der Waals surface area contributed by atoms with Gasteiger partial charge in [-0.3, -0.25) is 9.59 Å². The molecule has 1 N–H and O–H groups in total. The van der Waals surface area contributed by atoms with Crippen LogP contribution in [0.5, 0.6) is 0 Å². The van der Waals surface area contributed by atoms with E-state index in [-0.39, 0.29) is 11.5 Å². The molecule has 128 valence electrons. The second-order valence-electron chi connectivity index (χ2n) is 5.47. The second kappa shape index (κ2) is 6.92. The van der Waals surface area contributed by atoms with Gasteiger partial charge in [0, 0.05) is 28.4 Å². The lowest BCUT2D eigenvalue weighted by atomic mass is 10.1. The molecule has 1 aromatic heterocycles. The summed E-state index contributed by atoms with van der Waals surface area (Å²) in [5, 5.41) is 1.10. The summed E-state index contributed by atoms with van der Waals surface area (Å²) in [5.74, 6) is -0.710. The van der Waals surface area contributed by atoms with Crippen molar-refractivity contribution >= 4 is 51.2 Å². The maximum absolute atomic E-state index is 13.0. The average molecular weight is 375 g/mol. The van der Waals surface area contributed by atoms with E-state index >= 15 is 0 Å². The molecule has 0 saturated heterocycles. The topological polar surface area (TPSA) is 76.2 Å². The summed E-state index contributed by atoms with van der Waals surface area (Å²) >= 11 is 4.41. The van der Waals surface area contributed by atoms with Crippen molar-refractivity contribution in [2.45, 2.75) is 6.92 Å². The predicted molar refractivity (Wildman–Crippen MR) is 100 cm³/mol. The summed E-state index contributed by atoms with van der Waals surface area (Å²) in [6.07, 6.45) is 1.40. The Balaban J connectivity index is 2.29. The maximum Gasteiger partial charge on any atom is 0.266 e. The molecule has 1 atom stereocenters. The van der Waals surface area contributed by atoms with Crippen LogP contribution in [-0.4, -0.2) is 27.5 Å². The van der Waals surface area contributed by atoms with Crippen LogP contribution in [0.3, 0.4) is 0 Å². The largest absolute Gasteiger partial charge is 0.593 e. The van der Waals surface area contributed by atoms with Gasteiger partial charge in [-0.2, -0.15) is 0 Å². The standard InChI is InChI=1S/C18H15ClN2O3S/c1-11(22)21(25(2)24)17-14-9-8-13(19)10-15(14)20-16(17)18(23)12-6-4-3-5-7-12/h3-10,20H,1-2H3. The molecule has 25 heavy (non-hydrogen) atoms. The Morgan fingerprint density at radius 1 is 1.16 bits per heavy atom. The summed E-state index contributed by atoms with van der Waals surface area (Å²) in [6.45, 7) is 1.31. The van der Waals surface area contributed by atoms with Crippen molar-refractivity contribution in [3.05, 3.63) is 64.8 Å². The van der Waals surface area contributed by atoms with Gasteiger partial charge in [0.15, 0.2) is 0 Å². The van der Waals surface area contributed by atoms with Gasteiger partial charge in [0.1, 0.15) is 17.6 Å². The third kappa shape index (κ3) is 3.28. The molecule has 1 heterocycles. The van der Waals surface area contributed by atoms with Crippen LogP contribution >= 0.6 is 11.6 Å². The molecule has 3 rings (SSSR count). The van der Waals surface area contributed by atoms with Crippen LogP contribution in [-0.2, 0) is 16.2 Å². The van der Waals surface area contributed by atoms with E-state index in [4.69, 9.17) is 11.6 Å². The molecule has 0 aliphatic rings. The Kier molecular flexibility index (Phi) is 4.85. The van der Waals surface area contributed by atoms with Crippen LogP contribution in [0, 0.1) is 0 Å². The predicted octanol–water partition coefficient (Wildman–Crippen LogP) is 3.70. The fourth-order valence-electron chi connectivity index (χ4n) is 2.73. The third-order valence-corrected chi connectivity index (χ3v) is 4.93. The zero-order valence-corrected chi connectivity index (χ0v) is 15.1. The molecule has 0 aliphatic heterocycles. The van der Waals surface area contributed by atoms with Crippen molar-refractivity contribution < 1.29 is 14.1 Å². The summed E-state index contributed by atoms with van der Waals surface area (Å²) in [4.78, 5) is 28.1. The normalized spacial score (nSPS) is 12.2. The first-order chi connectivity index (χ1) is 11.9. The minimum atomic E-state index is -1.63. The SMILES string of the molecule is CC(=O)N(c1c(C(=O)c2ccccc2)[nH]c2cc(Cl)ccc12)[S+](C)[O-]. The molecule has 0 radical (unpaired) electrons. The fourth-order valence-corrected chi connectivity index (χ4v) is 3.71. The number of carbonyl (C=O) groups is 2. The highest BCUT2D eigenvalue weighted by atomic mass is 35.5. The highest BCUT2D eigenvalue weighted by Crippen LogP contribution is 2.35. The fraction of sp³-hybridized carbons (Fsp3) is 0.111. The Labute approximate surface area is 152 Å². The van der Waals surface area contributed by atoms with Gasteiger partial charge in [0.2, 0.25) is 5.78 Å². The van der Waals surface area contributed by atoms with Crippen molar-refractivity contribution in [3.8, 4) is 0 Å². The number of amides is 1. The zero-order chi connectivity index (χ0) is 18.1. The van der Waals surface area contributed by atoms with Crippen molar-refractivity contribution in [3.63, 3.8) is 0 Å². The van der Waals surface area contributed by atoms with Gasteiger partial charge in [-0.15, -0.1) is 4.31 Å². The number of ketones is 1. The lowest BCUT2D eigenvalue weighted by molar-refractivity contribution is -0.115. The van der Waals surface area contributed by atoms with Gasteiger partial charge in [0.05, 0.1) is 11.4 Å². The molecule has 7 heteroatoms. The van der Waals surface area contributed by atoms with Gasteiger partial charge < -0.3 is 9.54 Å². The highest BCUT2D eigenvalue weighted by Gasteiger charge is 2.31. The number of carbonyl (C=O) groups excluding carboxylic acids is 2. The molecule has 1 amide bonds. The maximum atomic E-state index is 13.0. The Bertz CT molecular complexity index is 954. The number of fused-ring (bicyclic) bond motifs is 1. The van der Waals surface area contributed by atoms with Crippen molar-refractivity contribution in [2.24, 2.45) is 0 Å². The molecule has 0 aliphatic carbocycles. The smallest absolute Gasteiger partial charge is 0.266 e. The van der Waals surface area contributed by atoms with Gasteiger partial charge in [-0.1, -0.05) is 41.9 Å². The minimum absolute atomic E-state index is 0.203. The van der Waals surface area contributed by atoms with E-state index in [1.807, 2.05) is 6.07 Å². The lowest BCUT2D eigenvalue weighted by Crippen LogP contribution is -2.35. The van der Waals surface area contributed by atoms with Crippen LogP contribution in [0.4, 0.5) is 5.69 Å². The third-order valence-electron chi connectivity index (χ3n) is 3.74. The lowest BCUT2D eigenvalue weighted by Gasteiger charge is -2.20. The molecule has 0 saturated carbocycles. The summed E-state index contributed by atoms with van der Waals surface area (Å²) < 4.78 is 13.3. The Morgan fingerprint density at radius 3 is 2.44 bits per heavy atom. The number of hydrogen-bond acceptors (Lipinski definition) is 3. The summed E-state index contributed by atoms with van der Waals surface area (Å²) in [6, 6.07) is 13.7. The van der Waals surface area contributed by atoms with E-state index < -0.39 is 17.3 Å². The van der Waals surface area contributed by atoms with E-state index in [1.165, 1.54) is 13.2 Å². The van der Waals surface area contributed by atoms with E-state index in [0.717, 1.165) is 4.31 Å². The number of aromatic nitrogens is 1. The first kappa shape index (κ1) is 17.5. The number of anilines is 1. The van der Waals surface area contributed by atoms with Crippen LogP contribution in [0.2, 0.25) is 5.02 Å². The average Bonchev–Trinajstić information content (AvgIpc) is 2.92. The first-order valence-corrected chi connectivity index (χ1v) is 9.34. The zero-order valence-electron chi connectivity index (χ0n) is 13.6. The van der Waals surface area contributed by atoms with Gasteiger partial charge >= 0.3 is 0 Å². The summed E-state index contributed by atoms with van der Waals surface area (Å²) in [5.41, 5.74) is 1.56. The van der Waals surface area contributed by atoms with Gasteiger partial charge in [-0.25, -0.2) is 0 Å². The molecular formula is C18H15ClN2O3S. The quantitative estimate of drug-likeness (QED) is 0.558. The number of nitrogens with one attached hydrogen (secondary N) is 1. The molecule has 2 aromatic carbocycles. The Hall–Kier alpha value is -2.28. The molecule has 0 spiro atoms. The first-order valence-electron chi connectivity index (χ1n) is 7.45. The van der Waals surface area contributed by atoms with E-state index in [1.54, 1.807) is 42.5 Å². The van der Waals surface area contributed by atoms with Crippen LogP contribution in [0.1, 0.15) is 23.0 Å². The van der Waals surface area contributed by atoms with Crippen LogP contribution < -0.4 is 4.31 Å². The monoisotopic (exact) mass is 374 g/mol. The van der Waals surface area contributed by atoms with Crippen molar-refractivity contribution in [1.29, 1.82) is 0 Å². The van der Waals surface area contributed by atoms with Crippen molar-refractivity contribution in [1.82, 2.24) is 4.98 Å². The molecule has 5 nitrogen and oxygen atoms in total. The van der Waals surface area contributed by atoms with Gasteiger partial charge in [0.25, 0.3) is 5.91 Å². The van der Waals surface area contributed by atoms with Gasteiger partial charge in [-0.05, 0) is 18.2 Å². The number of halogens is 1. The van der Waals surface area contributed by atoms with E-state index in [0.29, 0.717) is 27.2 Å². The van der Waals surface area contributed by atoms with Crippen molar-refractivity contribution in [2.75, 3.05) is 10.6 Å². The molecule has 3 aromatic rings. The number of hydrogen-bond donors (Lipinski definition) is 1. The second-order valence-corrected chi connectivity index (χ2v) is 7.12. The molecule has 0 fully saturated rings. The number of nitrogens with zero attached hydrogens (tertiary/aromatic N) is 1. The van der Waals surface area contributed by atoms with E-state index in [2.05, 4.69) is 4.98 Å². The number of benzene rings is 2. The molecule has 0 bridgehead atoms. The number of H-pyrrole nitrogens is 1. The van der Waals surface area contributed by atoms with Crippen LogP contribution in [0.15, 0.2) is 48.5 Å². The van der Waals surface area contributed by atoms with E-state index in [9.17, 15) is 14.1 Å². The Morgan fingerprint density at radius 2 is 1.84 bits per heavy atom. The number of rotatable bonds is 4. The molecule has 1 unspecified atom stereocenters. The van der Waals surface area contributed by atoms with Crippen LogP contribution in [0.25, 0.3) is 10.9 Å². The highest BCUT2D eigenvalue weighted by molar-refractivity contribution is 7.92.